The normalized spacial score (nSPS) is 14.8. The van der Waals surface area contributed by atoms with E-state index in [1.54, 1.807) is 6.26 Å². The second kappa shape index (κ2) is 5.85. The zero-order valence-electron chi connectivity index (χ0n) is 11.2. The monoisotopic (exact) mass is 273 g/mol. The fraction of sp³-hybridized carbons (Fsp3) is 0.375. The molecule has 19 heavy (non-hydrogen) atoms. The molecule has 0 atom stereocenters. The molecular formula is C16H19NOS. The van der Waals surface area contributed by atoms with Crippen LogP contribution in [0, 0.1) is 6.92 Å². The van der Waals surface area contributed by atoms with Crippen molar-refractivity contribution in [2.24, 2.45) is 0 Å². The molecule has 1 aromatic heterocycles. The fourth-order valence-electron chi connectivity index (χ4n) is 2.07. The number of furan rings is 1. The maximum absolute atomic E-state index is 5.39. The summed E-state index contributed by atoms with van der Waals surface area (Å²) in [5.74, 6) is 1.93. The summed E-state index contributed by atoms with van der Waals surface area (Å²) in [6, 6.07) is 11.4. The molecule has 3 rings (SSSR count). The van der Waals surface area contributed by atoms with Crippen molar-refractivity contribution in [2.75, 3.05) is 0 Å². The third kappa shape index (κ3) is 3.64. The lowest BCUT2D eigenvalue weighted by Crippen LogP contribution is -2.15. The summed E-state index contributed by atoms with van der Waals surface area (Å²) in [6.07, 6.45) is 4.40. The highest BCUT2D eigenvalue weighted by Crippen LogP contribution is 2.28. The van der Waals surface area contributed by atoms with Crippen LogP contribution in [0.15, 0.2) is 45.9 Å². The molecule has 1 aromatic carbocycles. The van der Waals surface area contributed by atoms with Gasteiger partial charge in [-0.25, -0.2) is 0 Å². The zero-order valence-corrected chi connectivity index (χ0v) is 12.0. The van der Waals surface area contributed by atoms with Crippen molar-refractivity contribution in [1.29, 1.82) is 0 Å². The molecule has 0 unspecified atom stereocenters. The number of thioether (sulfide) groups is 1. The first kappa shape index (κ1) is 12.8. The molecule has 0 saturated heterocycles. The van der Waals surface area contributed by atoms with E-state index < -0.39 is 0 Å². The SMILES string of the molecule is Cc1ccc(SCc2ccco2)c(CNC2CC2)c1. The van der Waals surface area contributed by atoms with E-state index >= 15 is 0 Å². The standard InChI is InChI=1S/C16H19NOS/c1-12-4-7-16(19-11-15-3-2-8-18-15)13(9-12)10-17-14-5-6-14/h2-4,7-9,14,17H,5-6,10-11H2,1H3. The molecule has 0 radical (unpaired) electrons. The van der Waals surface area contributed by atoms with Crippen LogP contribution in [0.2, 0.25) is 0 Å². The second-order valence-electron chi connectivity index (χ2n) is 5.13. The Morgan fingerprint density at radius 1 is 1.32 bits per heavy atom. The number of nitrogens with one attached hydrogen (secondary N) is 1. The van der Waals surface area contributed by atoms with Gasteiger partial charge in [0.05, 0.1) is 12.0 Å². The van der Waals surface area contributed by atoms with Gasteiger partial charge in [0.2, 0.25) is 0 Å². The first-order valence-electron chi connectivity index (χ1n) is 6.79. The van der Waals surface area contributed by atoms with Gasteiger partial charge in [-0.05, 0) is 43.5 Å². The van der Waals surface area contributed by atoms with E-state index in [1.165, 1.54) is 28.9 Å². The van der Waals surface area contributed by atoms with Crippen molar-refractivity contribution in [3.63, 3.8) is 0 Å². The molecule has 0 bridgehead atoms. The predicted octanol–water partition coefficient (Wildman–Crippen LogP) is 4.13. The molecule has 1 aliphatic carbocycles. The topological polar surface area (TPSA) is 25.2 Å². The maximum atomic E-state index is 5.39. The summed E-state index contributed by atoms with van der Waals surface area (Å²) < 4.78 is 5.39. The molecule has 1 N–H and O–H groups in total. The van der Waals surface area contributed by atoms with Crippen LogP contribution in [-0.4, -0.2) is 6.04 Å². The summed E-state index contributed by atoms with van der Waals surface area (Å²) in [6.45, 7) is 3.13. The van der Waals surface area contributed by atoms with Gasteiger partial charge in [0, 0.05) is 17.5 Å². The van der Waals surface area contributed by atoms with E-state index in [2.05, 4.69) is 30.4 Å². The second-order valence-corrected chi connectivity index (χ2v) is 6.15. The Bertz CT molecular complexity index is 532. The smallest absolute Gasteiger partial charge is 0.113 e. The summed E-state index contributed by atoms with van der Waals surface area (Å²) >= 11 is 1.85. The lowest BCUT2D eigenvalue weighted by atomic mass is 10.1. The minimum Gasteiger partial charge on any atom is -0.468 e. The Balaban J connectivity index is 1.67. The van der Waals surface area contributed by atoms with E-state index in [9.17, 15) is 0 Å². The number of rotatable bonds is 6. The van der Waals surface area contributed by atoms with Crippen molar-refractivity contribution in [2.45, 2.75) is 43.0 Å². The Labute approximate surface area is 118 Å². The van der Waals surface area contributed by atoms with E-state index in [0.29, 0.717) is 0 Å². The van der Waals surface area contributed by atoms with Crippen LogP contribution in [0.1, 0.15) is 29.7 Å². The molecular weight excluding hydrogens is 254 g/mol. The molecule has 1 aliphatic rings. The number of benzene rings is 1. The molecule has 100 valence electrons. The van der Waals surface area contributed by atoms with Crippen molar-refractivity contribution < 1.29 is 4.42 Å². The molecule has 2 aromatic rings. The van der Waals surface area contributed by atoms with Crippen molar-refractivity contribution in [3.8, 4) is 0 Å². The lowest BCUT2D eigenvalue weighted by Gasteiger charge is -2.10. The van der Waals surface area contributed by atoms with Crippen LogP contribution in [0.3, 0.4) is 0 Å². The first-order valence-corrected chi connectivity index (χ1v) is 7.78. The van der Waals surface area contributed by atoms with Crippen LogP contribution in [0.5, 0.6) is 0 Å². The van der Waals surface area contributed by atoms with Crippen LogP contribution in [-0.2, 0) is 12.3 Å². The third-order valence-electron chi connectivity index (χ3n) is 3.32. The average Bonchev–Trinajstić information content (AvgIpc) is 3.10. The number of aryl methyl sites for hydroxylation is 1. The van der Waals surface area contributed by atoms with Gasteiger partial charge in [-0.15, -0.1) is 11.8 Å². The van der Waals surface area contributed by atoms with E-state index in [-0.39, 0.29) is 0 Å². The molecule has 3 heteroatoms. The van der Waals surface area contributed by atoms with Gasteiger partial charge >= 0.3 is 0 Å². The van der Waals surface area contributed by atoms with Gasteiger partial charge in [0.25, 0.3) is 0 Å². The number of hydrogen-bond acceptors (Lipinski definition) is 3. The van der Waals surface area contributed by atoms with Crippen molar-refractivity contribution >= 4 is 11.8 Å². The van der Waals surface area contributed by atoms with Gasteiger partial charge < -0.3 is 9.73 Å². The van der Waals surface area contributed by atoms with Gasteiger partial charge in [-0.3, -0.25) is 0 Å². The van der Waals surface area contributed by atoms with Crippen LogP contribution >= 0.6 is 11.8 Å². The molecule has 2 nitrogen and oxygen atoms in total. The van der Waals surface area contributed by atoms with Crippen molar-refractivity contribution in [1.82, 2.24) is 5.32 Å². The summed E-state index contributed by atoms with van der Waals surface area (Å²) in [7, 11) is 0. The van der Waals surface area contributed by atoms with Crippen molar-refractivity contribution in [3.05, 3.63) is 53.5 Å². The summed E-state index contributed by atoms with van der Waals surface area (Å²) in [5, 5.41) is 3.60. The highest BCUT2D eigenvalue weighted by Gasteiger charge is 2.20. The Morgan fingerprint density at radius 2 is 2.21 bits per heavy atom. The minimum atomic E-state index is 0.753. The van der Waals surface area contributed by atoms with Crippen LogP contribution < -0.4 is 5.32 Å². The summed E-state index contributed by atoms with van der Waals surface area (Å²) in [4.78, 5) is 1.36. The zero-order chi connectivity index (χ0) is 13.1. The Morgan fingerprint density at radius 3 is 2.95 bits per heavy atom. The molecule has 1 fully saturated rings. The van der Waals surface area contributed by atoms with Gasteiger partial charge in [-0.1, -0.05) is 17.7 Å². The molecule has 0 spiro atoms. The molecule has 1 heterocycles. The summed E-state index contributed by atoms with van der Waals surface area (Å²) in [5.41, 5.74) is 2.73. The van der Waals surface area contributed by atoms with Crippen LogP contribution in [0.25, 0.3) is 0 Å². The minimum absolute atomic E-state index is 0.753. The quantitative estimate of drug-likeness (QED) is 0.801. The molecule has 0 amide bonds. The average molecular weight is 273 g/mol. The Kier molecular flexibility index (Phi) is 3.95. The highest BCUT2D eigenvalue weighted by atomic mass is 32.2. The van der Waals surface area contributed by atoms with Gasteiger partial charge in [-0.2, -0.15) is 0 Å². The number of hydrogen-bond donors (Lipinski definition) is 1. The first-order chi connectivity index (χ1) is 9.31. The van der Waals surface area contributed by atoms with Gasteiger partial charge in [0.1, 0.15) is 5.76 Å². The van der Waals surface area contributed by atoms with E-state index in [0.717, 1.165) is 24.1 Å². The predicted molar refractivity (Wildman–Crippen MR) is 79.3 cm³/mol. The van der Waals surface area contributed by atoms with E-state index in [1.807, 2.05) is 23.9 Å². The largest absolute Gasteiger partial charge is 0.468 e. The fourth-order valence-corrected chi connectivity index (χ4v) is 3.02. The molecule has 0 aliphatic heterocycles. The highest BCUT2D eigenvalue weighted by molar-refractivity contribution is 7.98. The van der Waals surface area contributed by atoms with Gasteiger partial charge in [0.15, 0.2) is 0 Å². The Hall–Kier alpha value is -1.19. The van der Waals surface area contributed by atoms with Crippen LogP contribution in [0.4, 0.5) is 0 Å². The third-order valence-corrected chi connectivity index (χ3v) is 4.46. The van der Waals surface area contributed by atoms with E-state index in [4.69, 9.17) is 4.42 Å². The maximum Gasteiger partial charge on any atom is 0.113 e. The lowest BCUT2D eigenvalue weighted by molar-refractivity contribution is 0.530. The molecule has 1 saturated carbocycles.